The fraction of sp³-hybridized carbons (Fsp3) is 0.256. The Morgan fingerprint density at radius 1 is 0.875 bits per heavy atom. The first-order valence-corrected chi connectivity index (χ1v) is 16.9. The number of hydrogen-bond acceptors (Lipinski definition) is 3. The number of pyridine rings is 1. The number of furan rings is 1. The van der Waals surface area contributed by atoms with Crippen molar-refractivity contribution in [2.75, 3.05) is 0 Å². The normalized spacial score (nSPS) is 15.4. The summed E-state index contributed by atoms with van der Waals surface area (Å²) >= 11 is 0. The number of rotatable bonds is 4. The summed E-state index contributed by atoms with van der Waals surface area (Å²) in [5, 5.41) is 2.24. The van der Waals surface area contributed by atoms with E-state index in [2.05, 4.69) is 110 Å². The van der Waals surface area contributed by atoms with Crippen LogP contribution >= 0.6 is 0 Å². The van der Waals surface area contributed by atoms with Gasteiger partial charge in [-0.3, -0.25) is 4.98 Å². The molecule has 0 spiro atoms. The third-order valence-corrected chi connectivity index (χ3v) is 10.1. The van der Waals surface area contributed by atoms with Crippen molar-refractivity contribution in [3.05, 3.63) is 126 Å². The third-order valence-electron chi connectivity index (χ3n) is 10.1. The zero-order valence-electron chi connectivity index (χ0n) is 27.9. The predicted molar refractivity (Wildman–Crippen MR) is 193 cm³/mol. The summed E-state index contributed by atoms with van der Waals surface area (Å²) in [6.45, 7) is 9.09. The molecule has 3 aromatic heterocycles. The second-order valence-electron chi connectivity index (χ2n) is 13.7. The van der Waals surface area contributed by atoms with Crippen molar-refractivity contribution in [2.24, 2.45) is 5.92 Å². The molecule has 7 aromatic rings. The summed E-state index contributed by atoms with van der Waals surface area (Å²) in [4.78, 5) is 9.53. The molecule has 0 saturated heterocycles. The molecule has 1 fully saturated rings. The van der Waals surface area contributed by atoms with Crippen LogP contribution in [-0.4, -0.2) is 14.5 Å². The number of benzene rings is 4. The van der Waals surface area contributed by atoms with Gasteiger partial charge in [-0.2, -0.15) is 0 Å². The molecule has 1 aliphatic carbocycles. The van der Waals surface area contributed by atoms with Crippen molar-refractivity contribution in [1.82, 2.24) is 14.5 Å². The van der Waals surface area contributed by atoms with Gasteiger partial charge in [-0.05, 0) is 73.6 Å². The first kappa shape index (κ1) is 32.2. The van der Waals surface area contributed by atoms with Gasteiger partial charge >= 0.3 is 0 Å². The van der Waals surface area contributed by atoms with E-state index in [9.17, 15) is 0 Å². The molecule has 0 amide bonds. The maximum Gasteiger partial charge on any atom is 0.120 e. The molecule has 0 unspecified atom stereocenters. The molecule has 0 atom stereocenters. The molecule has 2 aliphatic rings. The molecule has 4 heterocycles. The maximum atomic E-state index is 6.07. The number of hydrogen-bond donors (Lipinski definition) is 0. The SMILES string of the molecule is CC(C)c1ccnc(-c2[c-]ccc3c2oc2ccccc23)c1.CC1(C)C(C2CCCC2)=Cc2cccc3nc(-c4[c-]cccc4)n1c23.[Ir]. The second kappa shape index (κ2) is 13.0. The van der Waals surface area contributed by atoms with Crippen LogP contribution in [0.25, 0.3) is 61.7 Å². The van der Waals surface area contributed by atoms with Crippen molar-refractivity contribution >= 4 is 39.0 Å². The van der Waals surface area contributed by atoms with Crippen LogP contribution < -0.4 is 0 Å². The first-order valence-electron chi connectivity index (χ1n) is 16.9. The minimum absolute atomic E-state index is 0. The summed E-state index contributed by atoms with van der Waals surface area (Å²) in [5.41, 5.74) is 11.1. The molecule has 0 N–H and O–H groups in total. The molecule has 1 aliphatic heterocycles. The molecule has 9 rings (SSSR count). The van der Waals surface area contributed by atoms with E-state index < -0.39 is 0 Å². The zero-order valence-corrected chi connectivity index (χ0v) is 30.3. The summed E-state index contributed by atoms with van der Waals surface area (Å²) in [6, 6.07) is 37.7. The Labute approximate surface area is 296 Å². The largest absolute Gasteiger partial charge is 0.501 e. The molecule has 4 nitrogen and oxygen atoms in total. The standard InChI is InChI=1S/C23H23N2.C20H16NO.Ir/c1-23(2)19(16-9-6-7-10-16)15-18-13-8-14-20-21(18)25(23)22(24-20)17-11-4-3-5-12-17;1-13(2)14-10-11-21-18(12-14)17-8-5-7-16-15-6-3-4-9-19(15)22-20(16)17;/h3-5,8,11,13-16H,6-7,9-10H2,1-2H3;3-7,9-13H,1-2H3;/q2*-1;. The van der Waals surface area contributed by atoms with Crippen molar-refractivity contribution < 1.29 is 24.5 Å². The van der Waals surface area contributed by atoms with Crippen molar-refractivity contribution in [3.63, 3.8) is 0 Å². The smallest absolute Gasteiger partial charge is 0.120 e. The molecule has 0 bridgehead atoms. The molecule has 4 aromatic carbocycles. The van der Waals surface area contributed by atoms with Crippen LogP contribution in [0.1, 0.15) is 70.4 Å². The summed E-state index contributed by atoms with van der Waals surface area (Å²) in [5.74, 6) is 2.21. The molecule has 243 valence electrons. The van der Waals surface area contributed by atoms with E-state index in [1.807, 2.05) is 42.6 Å². The van der Waals surface area contributed by atoms with Gasteiger partial charge in [0.2, 0.25) is 0 Å². The summed E-state index contributed by atoms with van der Waals surface area (Å²) in [6.07, 6.45) is 9.68. The Bertz CT molecular complexity index is 2270. The molecule has 5 heteroatoms. The predicted octanol–water partition coefficient (Wildman–Crippen LogP) is 11.4. The van der Waals surface area contributed by atoms with Gasteiger partial charge in [0.15, 0.2) is 0 Å². The van der Waals surface area contributed by atoms with Crippen molar-refractivity contribution in [1.29, 1.82) is 0 Å². The monoisotopic (exact) mass is 806 g/mol. The number of imidazole rings is 1. The summed E-state index contributed by atoms with van der Waals surface area (Å²) in [7, 11) is 0. The van der Waals surface area contributed by atoms with E-state index in [1.54, 1.807) is 5.57 Å². The molecular weight excluding hydrogens is 767 g/mol. The number of allylic oxidation sites excluding steroid dienone is 1. The van der Waals surface area contributed by atoms with Gasteiger partial charge in [-0.15, -0.1) is 54.1 Å². The van der Waals surface area contributed by atoms with Gasteiger partial charge in [-0.1, -0.05) is 85.7 Å². The maximum absolute atomic E-state index is 6.07. The minimum atomic E-state index is -0.0584. The fourth-order valence-corrected chi connectivity index (χ4v) is 7.68. The van der Waals surface area contributed by atoms with Crippen LogP contribution in [0.15, 0.2) is 107 Å². The van der Waals surface area contributed by atoms with Crippen LogP contribution in [0.5, 0.6) is 0 Å². The van der Waals surface area contributed by atoms with Crippen LogP contribution in [0.3, 0.4) is 0 Å². The average Bonchev–Trinajstić information content (AvgIpc) is 3.86. The third kappa shape index (κ3) is 5.53. The molecule has 1 saturated carbocycles. The van der Waals surface area contributed by atoms with Crippen LogP contribution in [0.4, 0.5) is 0 Å². The van der Waals surface area contributed by atoms with Gasteiger partial charge in [0.1, 0.15) is 5.58 Å². The van der Waals surface area contributed by atoms with E-state index in [0.717, 1.165) is 50.1 Å². The molecule has 1 radical (unpaired) electrons. The number of para-hydroxylation sites is 2. The Morgan fingerprint density at radius 3 is 2.48 bits per heavy atom. The molecule has 48 heavy (non-hydrogen) atoms. The van der Waals surface area contributed by atoms with Gasteiger partial charge in [0.25, 0.3) is 0 Å². The van der Waals surface area contributed by atoms with E-state index in [1.165, 1.54) is 42.3 Å². The second-order valence-corrected chi connectivity index (χ2v) is 13.7. The summed E-state index contributed by atoms with van der Waals surface area (Å²) < 4.78 is 8.54. The fourth-order valence-electron chi connectivity index (χ4n) is 7.68. The van der Waals surface area contributed by atoms with Crippen molar-refractivity contribution in [2.45, 2.75) is 64.8 Å². The number of fused-ring (bicyclic) bond motifs is 3. The van der Waals surface area contributed by atoms with E-state index in [0.29, 0.717) is 11.8 Å². The zero-order chi connectivity index (χ0) is 32.1. The minimum Gasteiger partial charge on any atom is -0.501 e. The van der Waals surface area contributed by atoms with Gasteiger partial charge in [0, 0.05) is 31.7 Å². The Kier molecular flexibility index (Phi) is 8.70. The van der Waals surface area contributed by atoms with Crippen LogP contribution in [0.2, 0.25) is 0 Å². The van der Waals surface area contributed by atoms with Gasteiger partial charge in [-0.25, -0.2) is 0 Å². The quantitative estimate of drug-likeness (QED) is 0.166. The van der Waals surface area contributed by atoms with Crippen LogP contribution in [-0.2, 0) is 25.6 Å². The number of nitrogens with zero attached hydrogens (tertiary/aromatic N) is 3. The average molecular weight is 806 g/mol. The topological polar surface area (TPSA) is 43.9 Å². The number of aromatic nitrogens is 3. The first-order chi connectivity index (χ1) is 22.9. The van der Waals surface area contributed by atoms with Gasteiger partial charge in [0.05, 0.1) is 28.0 Å². The molecular formula is C43H39IrN3O-2. The van der Waals surface area contributed by atoms with Crippen molar-refractivity contribution in [3.8, 4) is 22.6 Å². The Balaban J connectivity index is 0.000000150. The van der Waals surface area contributed by atoms with E-state index in [4.69, 9.17) is 9.40 Å². The Hall–Kier alpha value is -4.31. The van der Waals surface area contributed by atoms with E-state index in [-0.39, 0.29) is 25.6 Å². The van der Waals surface area contributed by atoms with E-state index >= 15 is 0 Å². The van der Waals surface area contributed by atoms with Gasteiger partial charge < -0.3 is 14.0 Å². The van der Waals surface area contributed by atoms with Crippen LogP contribution in [0, 0.1) is 18.1 Å². The Morgan fingerprint density at radius 2 is 1.69 bits per heavy atom.